The van der Waals surface area contributed by atoms with E-state index < -0.39 is 22.3 Å². The van der Waals surface area contributed by atoms with Crippen molar-refractivity contribution in [2.24, 2.45) is 0 Å². The van der Waals surface area contributed by atoms with Gasteiger partial charge in [-0.3, -0.25) is 14.4 Å². The number of benzene rings is 1. The van der Waals surface area contributed by atoms with Gasteiger partial charge in [0.1, 0.15) is 6.04 Å². The molecule has 0 spiro atoms. The first-order valence-corrected chi connectivity index (χ1v) is 20.4. The van der Waals surface area contributed by atoms with Crippen LogP contribution in [0.5, 0.6) is 17.2 Å². The molecule has 2 N–H and O–H groups in total. The van der Waals surface area contributed by atoms with E-state index in [4.69, 9.17) is 14.2 Å². The number of carbonyl (C=O) groups excluding carboxylic acids is 2. The van der Waals surface area contributed by atoms with Gasteiger partial charge in [-0.25, -0.2) is 0 Å². The third-order valence-electron chi connectivity index (χ3n) is 9.89. The molecule has 0 unspecified atom stereocenters. The fraction of sp³-hybridized carbons (Fsp3) is 0.583. The van der Waals surface area contributed by atoms with Crippen molar-refractivity contribution < 1.29 is 32.2 Å². The largest absolute Gasteiger partial charge is 0.493 e. The van der Waals surface area contributed by atoms with Crippen molar-refractivity contribution in [3.8, 4) is 28.4 Å². The highest BCUT2D eigenvalue weighted by Crippen LogP contribution is 2.50. The van der Waals surface area contributed by atoms with Crippen LogP contribution < -0.4 is 30.3 Å². The topological polar surface area (TPSA) is 147 Å². The van der Waals surface area contributed by atoms with Crippen LogP contribution in [0.2, 0.25) is 0 Å². The molecule has 2 aromatic rings. The molecule has 1 aliphatic carbocycles. The molecule has 0 radical (unpaired) electrons. The summed E-state index contributed by atoms with van der Waals surface area (Å²) in [4.78, 5) is 42.3. The molecule has 0 bridgehead atoms. The highest BCUT2D eigenvalue weighted by atomic mass is 32.2. The van der Waals surface area contributed by atoms with Crippen LogP contribution in [0.15, 0.2) is 29.1 Å². The first kappa shape index (κ1) is 38.7. The molecule has 2 fully saturated rings. The zero-order valence-electron chi connectivity index (χ0n) is 30.3. The van der Waals surface area contributed by atoms with Crippen molar-refractivity contribution in [1.29, 1.82) is 0 Å². The van der Waals surface area contributed by atoms with Gasteiger partial charge in [-0.2, -0.15) is 28.8 Å². The molecule has 2 aromatic carbocycles. The van der Waals surface area contributed by atoms with Crippen LogP contribution >= 0.6 is 11.8 Å². The number of aryl methyl sites for hydroxylation is 1. The molecular weight excluding hydrogens is 695 g/mol. The molecule has 51 heavy (non-hydrogen) atoms. The van der Waals surface area contributed by atoms with E-state index >= 15 is 0 Å². The Kier molecular flexibility index (Phi) is 13.1. The average Bonchev–Trinajstić information content (AvgIpc) is 3.53. The number of hydrogen-bond donors (Lipinski definition) is 2. The van der Waals surface area contributed by atoms with Crippen LogP contribution in [0.1, 0.15) is 62.6 Å². The van der Waals surface area contributed by atoms with Crippen LogP contribution in [-0.4, -0.2) is 112 Å². The molecule has 15 heteroatoms. The molecule has 2 aliphatic heterocycles. The van der Waals surface area contributed by atoms with Gasteiger partial charge in [0, 0.05) is 51.8 Å². The molecule has 3 aliphatic rings. The zero-order valence-corrected chi connectivity index (χ0v) is 31.9. The molecule has 0 aromatic heterocycles. The van der Waals surface area contributed by atoms with Gasteiger partial charge in [0.25, 0.3) is 10.2 Å². The molecule has 2 amide bonds. The second kappa shape index (κ2) is 17.3. The van der Waals surface area contributed by atoms with E-state index in [1.165, 1.54) is 24.4 Å². The molecule has 280 valence electrons. The molecule has 0 saturated carbocycles. The normalized spacial score (nSPS) is 19.1. The van der Waals surface area contributed by atoms with Crippen molar-refractivity contribution in [3.05, 3.63) is 45.6 Å². The number of rotatable bonds is 12. The third kappa shape index (κ3) is 8.58. The maximum atomic E-state index is 14.1. The number of amides is 2. The van der Waals surface area contributed by atoms with E-state index in [9.17, 15) is 22.8 Å². The van der Waals surface area contributed by atoms with E-state index in [1.807, 2.05) is 18.4 Å². The minimum absolute atomic E-state index is 0.172. The Morgan fingerprint density at radius 2 is 1.63 bits per heavy atom. The lowest BCUT2D eigenvalue weighted by Crippen LogP contribution is -2.48. The summed E-state index contributed by atoms with van der Waals surface area (Å²) >= 11 is 1.60. The molecule has 2 heterocycles. The van der Waals surface area contributed by atoms with E-state index in [1.54, 1.807) is 41.3 Å². The van der Waals surface area contributed by atoms with Crippen molar-refractivity contribution in [1.82, 2.24) is 18.8 Å². The van der Waals surface area contributed by atoms with Crippen LogP contribution in [0.25, 0.3) is 11.1 Å². The Balaban J connectivity index is 1.48. The Bertz CT molecular complexity index is 1750. The van der Waals surface area contributed by atoms with Gasteiger partial charge >= 0.3 is 0 Å². The Hall–Kier alpha value is -3.53. The maximum absolute atomic E-state index is 14.1. The van der Waals surface area contributed by atoms with Crippen molar-refractivity contribution >= 4 is 39.5 Å². The lowest BCUT2D eigenvalue weighted by Gasteiger charge is -2.31. The second-order valence-corrected chi connectivity index (χ2v) is 16.0. The van der Waals surface area contributed by atoms with Crippen LogP contribution in [0, 0.1) is 0 Å². The van der Waals surface area contributed by atoms with Crippen molar-refractivity contribution in [3.63, 3.8) is 0 Å². The zero-order chi connectivity index (χ0) is 36.7. The fourth-order valence-corrected chi connectivity index (χ4v) is 9.52. The number of thioether (sulfide) groups is 1. The van der Waals surface area contributed by atoms with Crippen LogP contribution in [0.3, 0.4) is 0 Å². The smallest absolute Gasteiger partial charge is 0.282 e. The first-order valence-electron chi connectivity index (χ1n) is 17.6. The van der Waals surface area contributed by atoms with E-state index in [0.717, 1.165) is 30.4 Å². The summed E-state index contributed by atoms with van der Waals surface area (Å²) in [6.45, 7) is 3.78. The van der Waals surface area contributed by atoms with Gasteiger partial charge in [-0.1, -0.05) is 12.5 Å². The molecule has 2 atom stereocenters. The molecule has 5 rings (SSSR count). The number of fused-ring (bicyclic) bond motifs is 3. The summed E-state index contributed by atoms with van der Waals surface area (Å²) in [7, 11) is 1.05. The summed E-state index contributed by atoms with van der Waals surface area (Å²) in [5.41, 5.74) is 2.89. The highest BCUT2D eigenvalue weighted by Gasteiger charge is 2.34. The number of ether oxygens (including phenoxy) is 3. The summed E-state index contributed by atoms with van der Waals surface area (Å²) < 4.78 is 47.1. The second-order valence-electron chi connectivity index (χ2n) is 13.1. The predicted octanol–water partition coefficient (Wildman–Crippen LogP) is 3.66. The third-order valence-corrected chi connectivity index (χ3v) is 12.6. The minimum atomic E-state index is -3.59. The first-order chi connectivity index (χ1) is 24.5. The fourth-order valence-electron chi connectivity index (χ4n) is 7.33. The average molecular weight is 746 g/mol. The van der Waals surface area contributed by atoms with Gasteiger partial charge in [-0.15, -0.1) is 0 Å². The summed E-state index contributed by atoms with van der Waals surface area (Å²) in [6, 6.07) is 5.78. The summed E-state index contributed by atoms with van der Waals surface area (Å²) in [5.74, 6) is 1.66. The Labute approximate surface area is 305 Å². The monoisotopic (exact) mass is 745 g/mol. The van der Waals surface area contributed by atoms with Gasteiger partial charge < -0.3 is 29.7 Å². The number of piperidine rings is 1. The number of nitrogens with one attached hydrogen (secondary N) is 2. The maximum Gasteiger partial charge on any atom is 0.282 e. The van der Waals surface area contributed by atoms with E-state index in [2.05, 4.69) is 10.6 Å². The van der Waals surface area contributed by atoms with E-state index in [-0.39, 0.29) is 36.0 Å². The number of anilines is 1. The van der Waals surface area contributed by atoms with E-state index in [0.29, 0.717) is 86.0 Å². The van der Waals surface area contributed by atoms with Crippen LogP contribution in [0.4, 0.5) is 5.69 Å². The Morgan fingerprint density at radius 1 is 0.922 bits per heavy atom. The number of carbonyl (C=O) groups is 2. The molecular formula is C36H51N5O8S2. The summed E-state index contributed by atoms with van der Waals surface area (Å²) in [6.07, 6.45) is 6.81. The van der Waals surface area contributed by atoms with Gasteiger partial charge in [0.05, 0.1) is 33.1 Å². The number of nitrogens with zero attached hydrogens (tertiary/aromatic N) is 3. The highest BCUT2D eigenvalue weighted by molar-refractivity contribution is 7.98. The molecule has 13 nitrogen and oxygen atoms in total. The standard InChI is InChI=1S/C36H51N5O8S2/c1-24(42)37-28-12-10-25-22-32(47-2)34(48-3)35(49-4)33(25)26-11-13-29(31(43)23-27(26)28)38-30(14-21-50-5)36(44)39-15-9-18-41(20-19-39)51(45,46)40-16-7-6-8-17-40/h11,13,22-23,28,30H,6-10,12,14-21H2,1-5H3,(H,37,42)(H,38,43)/t28-,30-/m0/s1. The SMILES string of the molecule is COc1cc2c(c(OC)c1OC)-c1ccc(N[C@@H](CCSC)C(=O)N3CCCN(S(=O)(=O)N4CCCCC4)CC3)c(=O)cc1[C@@H](NC(C)=O)CC2. The van der Waals surface area contributed by atoms with Gasteiger partial charge in [0.2, 0.25) is 23.0 Å². The van der Waals surface area contributed by atoms with Gasteiger partial charge in [-0.05, 0) is 85.4 Å². The van der Waals surface area contributed by atoms with Gasteiger partial charge in [0.15, 0.2) is 11.5 Å². The predicted molar refractivity (Wildman–Crippen MR) is 200 cm³/mol. The van der Waals surface area contributed by atoms with Crippen molar-refractivity contribution in [2.45, 2.75) is 64.0 Å². The minimum Gasteiger partial charge on any atom is -0.493 e. The lowest BCUT2D eigenvalue weighted by molar-refractivity contribution is -0.132. The number of methoxy groups -OCH3 is 3. The quantitative estimate of drug-likeness (QED) is 0.330. The van der Waals surface area contributed by atoms with Crippen molar-refractivity contribution in [2.75, 3.05) is 77.9 Å². The molecule has 2 saturated heterocycles. The summed E-state index contributed by atoms with van der Waals surface area (Å²) in [5, 5.41) is 6.30. The van der Waals surface area contributed by atoms with Crippen LogP contribution in [-0.2, 0) is 26.2 Å². The number of hydrogen-bond acceptors (Lipinski definition) is 10. The Morgan fingerprint density at radius 3 is 2.29 bits per heavy atom. The lowest BCUT2D eigenvalue weighted by atomic mass is 9.95.